The van der Waals surface area contributed by atoms with E-state index in [1.807, 2.05) is 62.4 Å². The fourth-order valence-corrected chi connectivity index (χ4v) is 3.76. The van der Waals surface area contributed by atoms with E-state index in [1.54, 1.807) is 7.11 Å². The second-order valence-electron chi connectivity index (χ2n) is 6.29. The first kappa shape index (κ1) is 20.3. The molecule has 2 aromatic rings. The number of rotatable bonds is 9. The van der Waals surface area contributed by atoms with E-state index >= 15 is 0 Å². The first-order chi connectivity index (χ1) is 12.3. The SMILES string of the molecule is CCOc1cc(C(CS(C)(=O)=O)N[C@@H](C)c2ccccc2)ccc1OC. The number of benzene rings is 2. The van der Waals surface area contributed by atoms with Crippen LogP contribution in [0.2, 0.25) is 0 Å². The number of sulfone groups is 1. The zero-order valence-corrected chi connectivity index (χ0v) is 16.5. The molecule has 0 radical (unpaired) electrons. The Bertz CT molecular complexity index is 806. The van der Waals surface area contributed by atoms with Crippen molar-refractivity contribution in [1.29, 1.82) is 0 Å². The van der Waals surface area contributed by atoms with Crippen LogP contribution in [0.15, 0.2) is 48.5 Å². The number of hydrogen-bond acceptors (Lipinski definition) is 5. The molecule has 2 aromatic carbocycles. The van der Waals surface area contributed by atoms with Crippen molar-refractivity contribution in [2.45, 2.75) is 25.9 Å². The molecule has 0 heterocycles. The van der Waals surface area contributed by atoms with E-state index < -0.39 is 9.84 Å². The summed E-state index contributed by atoms with van der Waals surface area (Å²) >= 11 is 0. The molecule has 6 heteroatoms. The number of methoxy groups -OCH3 is 1. The molecule has 0 spiro atoms. The summed E-state index contributed by atoms with van der Waals surface area (Å²) in [7, 11) is -1.59. The first-order valence-corrected chi connectivity index (χ1v) is 10.7. The van der Waals surface area contributed by atoms with Crippen LogP contribution in [-0.2, 0) is 9.84 Å². The number of hydrogen-bond donors (Lipinski definition) is 1. The molecule has 0 aliphatic heterocycles. The summed E-state index contributed by atoms with van der Waals surface area (Å²) in [5.41, 5.74) is 1.95. The molecule has 0 amide bonds. The average Bonchev–Trinajstić information content (AvgIpc) is 2.61. The normalized spacial score (nSPS) is 13.8. The highest BCUT2D eigenvalue weighted by molar-refractivity contribution is 7.90. The highest BCUT2D eigenvalue weighted by Crippen LogP contribution is 2.31. The highest BCUT2D eigenvalue weighted by Gasteiger charge is 2.21. The van der Waals surface area contributed by atoms with Crippen LogP contribution in [0.25, 0.3) is 0 Å². The lowest BCUT2D eigenvalue weighted by Gasteiger charge is -2.24. The molecular weight excluding hydrogens is 350 g/mol. The van der Waals surface area contributed by atoms with E-state index in [2.05, 4.69) is 5.32 Å². The van der Waals surface area contributed by atoms with Crippen molar-refractivity contribution in [3.05, 3.63) is 59.7 Å². The lowest BCUT2D eigenvalue weighted by atomic mass is 10.0. The van der Waals surface area contributed by atoms with E-state index in [1.165, 1.54) is 6.26 Å². The van der Waals surface area contributed by atoms with Crippen LogP contribution in [0.5, 0.6) is 11.5 Å². The monoisotopic (exact) mass is 377 g/mol. The van der Waals surface area contributed by atoms with Crippen LogP contribution >= 0.6 is 0 Å². The molecule has 5 nitrogen and oxygen atoms in total. The van der Waals surface area contributed by atoms with E-state index in [0.29, 0.717) is 18.1 Å². The van der Waals surface area contributed by atoms with Crippen LogP contribution in [-0.4, -0.2) is 34.1 Å². The molecule has 0 aliphatic rings. The standard InChI is InChI=1S/C20H27NO4S/c1-5-25-20-13-17(11-12-19(20)24-3)18(14-26(4,22)23)21-15(2)16-9-7-6-8-10-16/h6-13,15,18,21H,5,14H2,1-4H3/t15-,18?/m0/s1. The van der Waals surface area contributed by atoms with Crippen LogP contribution in [0.3, 0.4) is 0 Å². The smallest absolute Gasteiger partial charge is 0.161 e. The van der Waals surface area contributed by atoms with Crippen LogP contribution in [0, 0.1) is 0 Å². The molecule has 2 atom stereocenters. The first-order valence-electron chi connectivity index (χ1n) is 8.63. The fourth-order valence-electron chi connectivity index (χ4n) is 2.86. The Morgan fingerprint density at radius 2 is 1.73 bits per heavy atom. The zero-order valence-electron chi connectivity index (χ0n) is 15.7. The maximum atomic E-state index is 12.0. The van der Waals surface area contributed by atoms with Gasteiger partial charge in [-0.1, -0.05) is 36.4 Å². The summed E-state index contributed by atoms with van der Waals surface area (Å²) in [6.45, 7) is 4.43. The van der Waals surface area contributed by atoms with Gasteiger partial charge in [-0.25, -0.2) is 8.42 Å². The zero-order chi connectivity index (χ0) is 19.2. The van der Waals surface area contributed by atoms with E-state index in [4.69, 9.17) is 9.47 Å². The maximum absolute atomic E-state index is 12.0. The molecule has 0 aromatic heterocycles. The largest absolute Gasteiger partial charge is 0.493 e. The van der Waals surface area contributed by atoms with Crippen molar-refractivity contribution < 1.29 is 17.9 Å². The van der Waals surface area contributed by atoms with Crippen molar-refractivity contribution in [2.24, 2.45) is 0 Å². The molecule has 0 bridgehead atoms. The predicted molar refractivity (Wildman–Crippen MR) is 105 cm³/mol. The van der Waals surface area contributed by atoms with Gasteiger partial charge in [-0.15, -0.1) is 0 Å². The van der Waals surface area contributed by atoms with Gasteiger partial charge in [0.25, 0.3) is 0 Å². The van der Waals surface area contributed by atoms with Gasteiger partial charge in [-0.3, -0.25) is 0 Å². The average molecular weight is 378 g/mol. The molecule has 26 heavy (non-hydrogen) atoms. The minimum atomic E-state index is -3.17. The molecule has 1 unspecified atom stereocenters. The van der Waals surface area contributed by atoms with Gasteiger partial charge >= 0.3 is 0 Å². The van der Waals surface area contributed by atoms with E-state index in [9.17, 15) is 8.42 Å². The minimum Gasteiger partial charge on any atom is -0.493 e. The second kappa shape index (κ2) is 9.05. The lowest BCUT2D eigenvalue weighted by molar-refractivity contribution is 0.310. The Morgan fingerprint density at radius 1 is 1.04 bits per heavy atom. The Balaban J connectivity index is 2.34. The minimum absolute atomic E-state index is 0.000551. The summed E-state index contributed by atoms with van der Waals surface area (Å²) in [5.74, 6) is 1.24. The van der Waals surface area contributed by atoms with E-state index in [-0.39, 0.29) is 17.8 Å². The van der Waals surface area contributed by atoms with Gasteiger partial charge in [0.1, 0.15) is 9.84 Å². The number of nitrogens with one attached hydrogen (secondary N) is 1. The van der Waals surface area contributed by atoms with Crippen LogP contribution in [0.4, 0.5) is 0 Å². The molecule has 0 aliphatic carbocycles. The van der Waals surface area contributed by atoms with Gasteiger partial charge in [0, 0.05) is 18.3 Å². The molecule has 0 saturated carbocycles. The fraction of sp³-hybridized carbons (Fsp3) is 0.400. The quantitative estimate of drug-likeness (QED) is 0.724. The summed E-state index contributed by atoms with van der Waals surface area (Å²) in [6.07, 6.45) is 1.25. The Hall–Kier alpha value is -2.05. The van der Waals surface area contributed by atoms with Crippen LogP contribution in [0.1, 0.15) is 37.1 Å². The molecule has 2 rings (SSSR count). The maximum Gasteiger partial charge on any atom is 0.161 e. The molecule has 0 fully saturated rings. The Labute approximate surface area is 156 Å². The summed E-state index contributed by atoms with van der Waals surface area (Å²) in [6, 6.07) is 15.1. The summed E-state index contributed by atoms with van der Waals surface area (Å²) in [5, 5.41) is 3.44. The molecule has 0 saturated heterocycles. The highest BCUT2D eigenvalue weighted by atomic mass is 32.2. The van der Waals surface area contributed by atoms with Crippen molar-refractivity contribution in [3.63, 3.8) is 0 Å². The lowest BCUT2D eigenvalue weighted by Crippen LogP contribution is -2.30. The Morgan fingerprint density at radius 3 is 2.31 bits per heavy atom. The number of ether oxygens (including phenoxy) is 2. The van der Waals surface area contributed by atoms with Crippen molar-refractivity contribution in [3.8, 4) is 11.5 Å². The van der Waals surface area contributed by atoms with Gasteiger partial charge in [-0.05, 0) is 37.1 Å². The van der Waals surface area contributed by atoms with E-state index in [0.717, 1.165) is 11.1 Å². The van der Waals surface area contributed by atoms with Gasteiger partial charge in [0.05, 0.1) is 19.5 Å². The van der Waals surface area contributed by atoms with Gasteiger partial charge in [0.15, 0.2) is 11.5 Å². The third-order valence-corrected chi connectivity index (χ3v) is 5.05. The summed E-state index contributed by atoms with van der Waals surface area (Å²) in [4.78, 5) is 0. The second-order valence-corrected chi connectivity index (χ2v) is 8.47. The molecule has 142 valence electrons. The summed E-state index contributed by atoms with van der Waals surface area (Å²) < 4.78 is 34.9. The van der Waals surface area contributed by atoms with Gasteiger partial charge in [0.2, 0.25) is 0 Å². The van der Waals surface area contributed by atoms with Crippen molar-refractivity contribution in [1.82, 2.24) is 5.32 Å². The van der Waals surface area contributed by atoms with Crippen molar-refractivity contribution >= 4 is 9.84 Å². The molecular formula is C20H27NO4S. The topological polar surface area (TPSA) is 64.6 Å². The third-order valence-electron chi connectivity index (χ3n) is 4.11. The predicted octanol–water partition coefficient (Wildman–Crippen LogP) is 3.53. The van der Waals surface area contributed by atoms with Gasteiger partial charge < -0.3 is 14.8 Å². The third kappa shape index (κ3) is 5.75. The van der Waals surface area contributed by atoms with Crippen LogP contribution < -0.4 is 14.8 Å². The Kier molecular flexibility index (Phi) is 7.06. The van der Waals surface area contributed by atoms with Gasteiger partial charge in [-0.2, -0.15) is 0 Å². The molecule has 1 N–H and O–H groups in total. The van der Waals surface area contributed by atoms with Crippen molar-refractivity contribution in [2.75, 3.05) is 25.7 Å².